The number of H-pyrrole nitrogens is 2. The normalized spacial score (nSPS) is 17.9. The largest absolute Gasteiger partial charge is 0.334 e. The minimum absolute atomic E-state index is 0.0716. The summed E-state index contributed by atoms with van der Waals surface area (Å²) in [5.74, 6) is 0.0395. The summed E-state index contributed by atoms with van der Waals surface area (Å²) in [6.07, 6.45) is 4.91. The maximum absolute atomic E-state index is 13.2. The Morgan fingerprint density at radius 3 is 2.76 bits per heavy atom. The Labute approximate surface area is 193 Å². The average molecular weight is 447 g/mol. The summed E-state index contributed by atoms with van der Waals surface area (Å²) in [5.41, 5.74) is 6.50. The van der Waals surface area contributed by atoms with Gasteiger partial charge in [0.05, 0.1) is 17.4 Å². The second-order valence-corrected chi connectivity index (χ2v) is 9.06. The summed E-state index contributed by atoms with van der Waals surface area (Å²) in [4.78, 5) is 30.1. The van der Waals surface area contributed by atoms with E-state index >= 15 is 0 Å². The summed E-state index contributed by atoms with van der Waals surface area (Å²) < 4.78 is 0. The van der Waals surface area contributed by atoms with Crippen LogP contribution in [-0.4, -0.2) is 50.2 Å². The van der Waals surface area contributed by atoms with Crippen molar-refractivity contribution < 1.29 is 9.59 Å². The zero-order valence-corrected chi connectivity index (χ0v) is 19.2. The Balaban J connectivity index is 1.30. The van der Waals surface area contributed by atoms with Gasteiger partial charge in [0, 0.05) is 30.9 Å². The maximum Gasteiger partial charge on any atom is 0.278 e. The Hall–Kier alpha value is -3.42. The number of rotatable bonds is 5. The highest BCUT2D eigenvalue weighted by Crippen LogP contribution is 2.32. The number of nitrogens with one attached hydrogen (secondary N) is 2. The number of aryl methyl sites for hydroxylation is 2. The zero-order valence-electron chi connectivity index (χ0n) is 19.2. The molecule has 8 nitrogen and oxygen atoms in total. The van der Waals surface area contributed by atoms with E-state index in [1.165, 1.54) is 5.56 Å². The zero-order chi connectivity index (χ0) is 22.9. The summed E-state index contributed by atoms with van der Waals surface area (Å²) >= 11 is 0. The number of likely N-dealkylation sites (tertiary alicyclic amines) is 1. The van der Waals surface area contributed by atoms with Crippen molar-refractivity contribution in [3.8, 4) is 0 Å². The van der Waals surface area contributed by atoms with E-state index in [1.807, 2.05) is 43.0 Å². The number of carbonyl (C=O) groups excluding carboxylic acids is 2. The number of aromatic amines is 2. The number of benzene rings is 1. The van der Waals surface area contributed by atoms with Crippen molar-refractivity contribution in [2.24, 2.45) is 0 Å². The topological polar surface area (TPSA) is 98.0 Å². The molecule has 0 bridgehead atoms. The van der Waals surface area contributed by atoms with E-state index < -0.39 is 0 Å². The number of amides is 2. The highest BCUT2D eigenvalue weighted by Gasteiger charge is 2.32. The molecule has 2 amide bonds. The molecule has 0 aliphatic carbocycles. The lowest BCUT2D eigenvalue weighted by Gasteiger charge is -2.35. The van der Waals surface area contributed by atoms with Crippen LogP contribution in [0.4, 0.5) is 5.69 Å². The van der Waals surface area contributed by atoms with Gasteiger partial charge in [-0.15, -0.1) is 0 Å². The lowest BCUT2D eigenvalue weighted by Crippen LogP contribution is -2.38. The summed E-state index contributed by atoms with van der Waals surface area (Å²) in [7, 11) is 0. The molecule has 1 fully saturated rings. The van der Waals surface area contributed by atoms with Crippen LogP contribution in [0.2, 0.25) is 0 Å². The molecule has 1 atom stereocenters. The number of piperidine rings is 1. The first-order valence-electron chi connectivity index (χ1n) is 11.8. The number of carbonyl (C=O) groups is 2. The Morgan fingerprint density at radius 2 is 1.94 bits per heavy atom. The van der Waals surface area contributed by atoms with E-state index in [9.17, 15) is 9.59 Å². The van der Waals surface area contributed by atoms with E-state index in [0.29, 0.717) is 25.1 Å². The van der Waals surface area contributed by atoms with Crippen LogP contribution in [0.25, 0.3) is 0 Å². The van der Waals surface area contributed by atoms with Gasteiger partial charge >= 0.3 is 0 Å². The molecule has 2 aliphatic heterocycles. The first kappa shape index (κ1) is 21.4. The van der Waals surface area contributed by atoms with Crippen molar-refractivity contribution in [1.29, 1.82) is 0 Å². The number of nitrogens with zero attached hydrogens (tertiary/aromatic N) is 4. The van der Waals surface area contributed by atoms with Crippen molar-refractivity contribution in [3.63, 3.8) is 0 Å². The molecule has 1 aromatic carbocycles. The lowest BCUT2D eigenvalue weighted by molar-refractivity contribution is -0.135. The van der Waals surface area contributed by atoms with Crippen molar-refractivity contribution in [2.75, 3.05) is 18.0 Å². The van der Waals surface area contributed by atoms with Crippen LogP contribution < -0.4 is 4.90 Å². The first-order valence-corrected chi connectivity index (χ1v) is 11.8. The van der Waals surface area contributed by atoms with Crippen molar-refractivity contribution >= 4 is 17.5 Å². The first-order chi connectivity index (χ1) is 16.0. The van der Waals surface area contributed by atoms with Crippen LogP contribution in [-0.2, 0) is 17.6 Å². The molecule has 172 valence electrons. The van der Waals surface area contributed by atoms with E-state index in [0.717, 1.165) is 60.6 Å². The number of hydrogen-bond donors (Lipinski definition) is 2. The summed E-state index contributed by atoms with van der Waals surface area (Å²) in [6, 6.07) is 9.78. The second kappa shape index (κ2) is 8.84. The third-order valence-electron chi connectivity index (χ3n) is 7.00. The predicted molar refractivity (Wildman–Crippen MR) is 125 cm³/mol. The molecule has 3 aromatic rings. The fourth-order valence-corrected chi connectivity index (χ4v) is 5.18. The van der Waals surface area contributed by atoms with Gasteiger partial charge < -0.3 is 9.80 Å². The molecule has 8 heteroatoms. The Kier molecular flexibility index (Phi) is 5.74. The average Bonchev–Trinajstić information content (AvgIpc) is 3.56. The molecule has 5 rings (SSSR count). The van der Waals surface area contributed by atoms with E-state index in [2.05, 4.69) is 26.5 Å². The maximum atomic E-state index is 13.2. The van der Waals surface area contributed by atoms with Crippen LogP contribution in [0.5, 0.6) is 0 Å². The van der Waals surface area contributed by atoms with E-state index in [1.54, 1.807) is 4.90 Å². The number of hydrogen-bond acceptors (Lipinski definition) is 4. The predicted octanol–water partition coefficient (Wildman–Crippen LogP) is 3.64. The summed E-state index contributed by atoms with van der Waals surface area (Å²) in [5, 5.41) is 14.6. The highest BCUT2D eigenvalue weighted by atomic mass is 16.2. The smallest absolute Gasteiger partial charge is 0.278 e. The molecule has 1 unspecified atom stereocenters. The molecule has 1 saturated heterocycles. The molecule has 0 saturated carbocycles. The molecule has 33 heavy (non-hydrogen) atoms. The number of fused-ring (bicyclic) bond motifs is 1. The SMILES string of the molecule is Cc1n[nH]c(C)c1CCC(=O)N1CCCCC1c1cc(C(=O)N2CCc3ccccc32)n[nH]1. The molecule has 4 heterocycles. The molecule has 2 aliphatic rings. The van der Waals surface area contributed by atoms with Crippen LogP contribution in [0, 0.1) is 13.8 Å². The van der Waals surface area contributed by atoms with Crippen molar-refractivity contribution in [2.45, 2.75) is 58.4 Å². The Bertz CT molecular complexity index is 1160. The van der Waals surface area contributed by atoms with Crippen LogP contribution in [0.15, 0.2) is 30.3 Å². The minimum atomic E-state index is -0.0953. The molecule has 0 spiro atoms. The van der Waals surface area contributed by atoms with Crippen LogP contribution >= 0.6 is 0 Å². The van der Waals surface area contributed by atoms with Crippen molar-refractivity contribution in [1.82, 2.24) is 25.3 Å². The van der Waals surface area contributed by atoms with Gasteiger partial charge in [0.2, 0.25) is 5.91 Å². The molecule has 0 radical (unpaired) electrons. The van der Waals surface area contributed by atoms with Gasteiger partial charge in [0.25, 0.3) is 5.91 Å². The van der Waals surface area contributed by atoms with E-state index in [4.69, 9.17) is 0 Å². The lowest BCUT2D eigenvalue weighted by atomic mass is 9.97. The minimum Gasteiger partial charge on any atom is -0.334 e. The van der Waals surface area contributed by atoms with Crippen LogP contribution in [0.3, 0.4) is 0 Å². The number of para-hydroxylation sites is 1. The van der Waals surface area contributed by atoms with Gasteiger partial charge in [0.15, 0.2) is 5.69 Å². The summed E-state index contributed by atoms with van der Waals surface area (Å²) in [6.45, 7) is 5.36. The third-order valence-corrected chi connectivity index (χ3v) is 7.00. The molecular formula is C25H30N6O2. The van der Waals surface area contributed by atoms with Gasteiger partial charge in [-0.2, -0.15) is 10.2 Å². The van der Waals surface area contributed by atoms with Gasteiger partial charge in [-0.25, -0.2) is 0 Å². The van der Waals surface area contributed by atoms with Gasteiger partial charge in [-0.3, -0.25) is 19.8 Å². The van der Waals surface area contributed by atoms with Gasteiger partial charge in [-0.1, -0.05) is 18.2 Å². The molecule has 2 N–H and O–H groups in total. The fourth-order valence-electron chi connectivity index (χ4n) is 5.18. The highest BCUT2D eigenvalue weighted by molar-refractivity contribution is 6.06. The fraction of sp³-hybridized carbons (Fsp3) is 0.440. The van der Waals surface area contributed by atoms with Gasteiger partial charge in [-0.05, 0) is 69.2 Å². The number of aromatic nitrogens is 4. The quantitative estimate of drug-likeness (QED) is 0.625. The van der Waals surface area contributed by atoms with Crippen molar-refractivity contribution in [3.05, 3.63) is 64.2 Å². The number of anilines is 1. The van der Waals surface area contributed by atoms with Gasteiger partial charge in [0.1, 0.15) is 0 Å². The molecule has 2 aromatic heterocycles. The molecular weight excluding hydrogens is 416 g/mol. The third kappa shape index (κ3) is 4.05. The monoisotopic (exact) mass is 446 g/mol. The van der Waals surface area contributed by atoms with Crippen LogP contribution in [0.1, 0.15) is 70.4 Å². The standard InChI is InChI=1S/C25H30N6O2/c1-16-19(17(2)27-26-16)10-11-24(32)30-13-6-5-9-23(30)20-15-21(29-28-20)25(33)31-14-12-18-7-3-4-8-22(18)31/h3-4,7-8,15,23H,5-6,9-14H2,1-2H3,(H,26,27)(H,28,29). The second-order valence-electron chi connectivity index (χ2n) is 9.06. The Morgan fingerprint density at radius 1 is 1.09 bits per heavy atom. The van der Waals surface area contributed by atoms with E-state index in [-0.39, 0.29) is 17.9 Å².